The fourth-order valence-electron chi connectivity index (χ4n) is 7.98. The lowest BCUT2D eigenvalue weighted by molar-refractivity contribution is -0.703. The van der Waals surface area contributed by atoms with Gasteiger partial charge in [-0.15, -0.1) is 0 Å². The van der Waals surface area contributed by atoms with Crippen LogP contribution < -0.4 is 14.8 Å². The van der Waals surface area contributed by atoms with Crippen LogP contribution in [0.4, 0.5) is 11.4 Å². The summed E-state index contributed by atoms with van der Waals surface area (Å²) in [7, 11) is -18.9. The number of carbonyl (C=O) groups is 1. The van der Waals surface area contributed by atoms with Gasteiger partial charge in [0.2, 0.25) is 17.9 Å². The fourth-order valence-corrected chi connectivity index (χ4v) is 11.0. The van der Waals surface area contributed by atoms with E-state index in [-0.39, 0.29) is 35.2 Å². The largest absolute Gasteiger partial charge is 0.744 e. The number of nitrogens with zero attached hydrogens (tertiary/aromatic N) is 4. The average molecular weight is 970 g/mol. The monoisotopic (exact) mass is 969 g/mol. The summed E-state index contributed by atoms with van der Waals surface area (Å²) in [6, 6.07) is 8.61. The van der Waals surface area contributed by atoms with Crippen LogP contribution in [0.3, 0.4) is 0 Å². The number of rotatable bonds is 19. The highest BCUT2D eigenvalue weighted by Gasteiger charge is 2.61. The minimum atomic E-state index is -5.68. The van der Waals surface area contributed by atoms with Gasteiger partial charge in [0.05, 0.1) is 15.2 Å². The van der Waals surface area contributed by atoms with Gasteiger partial charge in [-0.05, 0) is 68.7 Å². The number of aliphatic hydroxyl groups excluding tert-OH is 1. The molecule has 0 bridgehead atoms. The van der Waals surface area contributed by atoms with Crippen molar-refractivity contribution in [3.63, 3.8) is 0 Å². The average Bonchev–Trinajstić information content (AvgIpc) is 3.76. The first-order valence-electron chi connectivity index (χ1n) is 19.9. The topological polar surface area (TPSA) is 314 Å². The quantitative estimate of drug-likeness (QED) is 0.0298. The van der Waals surface area contributed by atoms with Gasteiger partial charge < -0.3 is 49.1 Å². The van der Waals surface area contributed by atoms with Crippen molar-refractivity contribution in [2.75, 3.05) is 25.0 Å². The van der Waals surface area contributed by atoms with Crippen molar-refractivity contribution in [2.45, 2.75) is 98.3 Å². The third-order valence-corrected chi connectivity index (χ3v) is 16.9. The molecule has 20 nitrogen and oxygen atoms in total. The van der Waals surface area contributed by atoms with E-state index < -0.39 is 64.0 Å². The Hall–Kier alpha value is -4.15. The molecule has 350 valence electrons. The molecule has 0 spiro atoms. The zero-order chi connectivity index (χ0) is 47.8. The maximum atomic E-state index is 12.6. The molecule has 1 unspecified atom stereocenters. The zero-order valence-corrected chi connectivity index (χ0v) is 39.1. The van der Waals surface area contributed by atoms with E-state index in [9.17, 15) is 69.7 Å². The molecule has 1 aromatic heterocycles. The summed E-state index contributed by atoms with van der Waals surface area (Å²) in [6.07, 6.45) is 13.7. The number of nitrogens with one attached hydrogen (secondary N) is 1. The maximum absolute atomic E-state index is 12.6. The van der Waals surface area contributed by atoms with Gasteiger partial charge in [0.25, 0.3) is 0 Å². The highest BCUT2D eigenvalue weighted by molar-refractivity contribution is 7.86. The van der Waals surface area contributed by atoms with Gasteiger partial charge in [0.1, 0.15) is 58.9 Å². The Morgan fingerprint density at radius 1 is 0.891 bits per heavy atom. The summed E-state index contributed by atoms with van der Waals surface area (Å²) >= 11 is 0. The van der Waals surface area contributed by atoms with Crippen molar-refractivity contribution in [3.05, 3.63) is 102 Å². The molecule has 3 heterocycles. The van der Waals surface area contributed by atoms with Crippen molar-refractivity contribution in [2.24, 2.45) is 0 Å². The lowest BCUT2D eigenvalue weighted by atomic mass is 9.81. The fraction of sp³-hybridized carbons (Fsp3) is 0.425. The van der Waals surface area contributed by atoms with Crippen LogP contribution in [-0.2, 0) is 58.1 Å². The molecule has 0 fully saturated rings. The van der Waals surface area contributed by atoms with Gasteiger partial charge >= 0.3 is 20.3 Å². The summed E-state index contributed by atoms with van der Waals surface area (Å²) in [5.74, 6) is -0.331. The second-order valence-electron chi connectivity index (χ2n) is 16.8. The molecule has 2 aliphatic rings. The Bertz CT molecular complexity index is 2730. The predicted octanol–water partition coefficient (Wildman–Crippen LogP) is 2.12. The van der Waals surface area contributed by atoms with E-state index in [4.69, 9.17) is 0 Å². The van der Waals surface area contributed by atoms with E-state index in [1.807, 2.05) is 74.6 Å². The molecule has 24 heteroatoms. The van der Waals surface area contributed by atoms with Gasteiger partial charge in [-0.1, -0.05) is 38.5 Å². The number of allylic oxidation sites excluding steroid dienone is 6. The van der Waals surface area contributed by atoms with Crippen molar-refractivity contribution in [3.8, 4) is 0 Å². The van der Waals surface area contributed by atoms with Crippen LogP contribution in [-0.4, -0.2) is 108 Å². The highest BCUT2D eigenvalue weighted by Crippen LogP contribution is 2.67. The number of imidazole rings is 1. The van der Waals surface area contributed by atoms with Crippen LogP contribution in [0.1, 0.15) is 64.5 Å². The first-order valence-corrected chi connectivity index (χ1v) is 25.9. The number of carbonyl (C=O) groups excluding carboxylic acids is 1. The molecule has 0 aliphatic carbocycles. The van der Waals surface area contributed by atoms with E-state index in [2.05, 4.69) is 5.32 Å². The molecular formula is C40H53N5O15P2S2. The van der Waals surface area contributed by atoms with E-state index in [1.165, 1.54) is 47.6 Å². The van der Waals surface area contributed by atoms with Crippen LogP contribution in [0.15, 0.2) is 101 Å². The number of aromatic nitrogens is 2. The number of aliphatic hydroxyl groups is 2. The summed E-state index contributed by atoms with van der Waals surface area (Å²) in [6.45, 7) is 6.80. The standard InChI is InChI=1S/C40H53N5O15P2S2/c1-38(2)31-22-29(63(55,56)57)15-17-33(31)42(5)35(38)12-8-6-9-13-36-39(3,4)32-23-30(64(58,59)60)16-18-34(32)45(36)19-11-7-10-14-37(47)41-24-28(46)25-43-20-21-44(27-43)26-40(48,61(49,50)51)62(52,53)54/h6,8-9,12-13,15-18,20-23,27-28,46,48H,7,10-11,14,19,24-26H2,1-5H3,(H5-2,41,47,49,50,51,52,53,54,55,56,57,58,59,60). The zero-order valence-electron chi connectivity index (χ0n) is 35.7. The molecule has 1 amide bonds. The van der Waals surface area contributed by atoms with Crippen molar-refractivity contribution in [1.29, 1.82) is 0 Å². The van der Waals surface area contributed by atoms with Crippen LogP contribution in [0.5, 0.6) is 0 Å². The van der Waals surface area contributed by atoms with Gasteiger partial charge in [0.15, 0.2) is 5.71 Å². The van der Waals surface area contributed by atoms with Gasteiger partial charge in [-0.2, -0.15) is 4.58 Å². The Morgan fingerprint density at radius 2 is 1.50 bits per heavy atom. The first-order chi connectivity index (χ1) is 29.4. The Morgan fingerprint density at radius 3 is 2.11 bits per heavy atom. The lowest BCUT2D eigenvalue weighted by Gasteiger charge is -2.27. The van der Waals surface area contributed by atoms with E-state index in [1.54, 1.807) is 12.1 Å². The Balaban J connectivity index is 1.19. The van der Waals surface area contributed by atoms with Crippen molar-refractivity contribution < 1.29 is 78.8 Å². The predicted molar refractivity (Wildman–Crippen MR) is 231 cm³/mol. The number of amides is 1. The van der Waals surface area contributed by atoms with E-state index >= 15 is 0 Å². The molecule has 5 rings (SSSR count). The molecule has 3 aromatic rings. The highest BCUT2D eigenvalue weighted by atomic mass is 32.2. The van der Waals surface area contributed by atoms with Crippen LogP contribution in [0, 0.1) is 0 Å². The summed E-state index contributed by atoms with van der Waals surface area (Å²) in [5, 5.41) is 19.6. The minimum absolute atomic E-state index is 0.112. The number of unbranched alkanes of at least 4 members (excludes halogenated alkanes) is 2. The third-order valence-electron chi connectivity index (χ3n) is 11.5. The number of anilines is 1. The summed E-state index contributed by atoms with van der Waals surface area (Å²) in [5.41, 5.74) is 3.22. The van der Waals surface area contributed by atoms with Crippen LogP contribution in [0.25, 0.3) is 0 Å². The normalized spacial score (nSPS) is 17.8. The molecule has 0 saturated heterocycles. The maximum Gasteiger partial charge on any atom is 0.373 e. The minimum Gasteiger partial charge on any atom is -0.744 e. The number of fused-ring (bicyclic) bond motifs is 2. The lowest BCUT2D eigenvalue weighted by Crippen LogP contribution is -2.46. The number of benzene rings is 2. The summed E-state index contributed by atoms with van der Waals surface area (Å²) in [4.78, 5) is 51.6. The second-order valence-corrected chi connectivity index (χ2v) is 23.6. The van der Waals surface area contributed by atoms with Gasteiger partial charge in [0, 0.05) is 54.0 Å². The molecular weight excluding hydrogens is 917 g/mol. The van der Waals surface area contributed by atoms with Gasteiger partial charge in [-0.25, -0.2) is 26.0 Å². The summed E-state index contributed by atoms with van der Waals surface area (Å²) < 4.78 is 98.6. The van der Waals surface area contributed by atoms with Crippen LogP contribution >= 0.6 is 15.2 Å². The first kappa shape index (κ1) is 50.8. The molecule has 0 radical (unpaired) electrons. The second kappa shape index (κ2) is 18.6. The SMILES string of the molecule is C[N+]1=C(/C=C/C=C/C=C2\N(CCCCCC(=O)NCC(O)Cn3cc[n+](CC(O)(P(=O)(O)O)P(=O)(O)O)c3)c3ccc(S(=O)(=O)[O-])cc3C2(C)C)C(C)(C)c2cc(S(=O)(=O)[O-])ccc21. The smallest absolute Gasteiger partial charge is 0.373 e. The molecule has 1 atom stereocenters. The van der Waals surface area contributed by atoms with E-state index in [0.29, 0.717) is 36.9 Å². The molecule has 2 aromatic carbocycles. The third kappa shape index (κ3) is 10.9. The number of hydrogen-bond donors (Lipinski definition) is 7. The van der Waals surface area contributed by atoms with E-state index in [0.717, 1.165) is 27.4 Å². The van der Waals surface area contributed by atoms with Crippen molar-refractivity contribution >= 4 is 58.4 Å². The molecule has 7 N–H and O–H groups in total. The number of hydrogen-bond acceptors (Lipinski definition) is 12. The van der Waals surface area contributed by atoms with Gasteiger partial charge in [-0.3, -0.25) is 13.9 Å². The molecule has 2 aliphatic heterocycles. The van der Waals surface area contributed by atoms with Crippen LogP contribution in [0.2, 0.25) is 0 Å². The molecule has 64 heavy (non-hydrogen) atoms. The molecule has 0 saturated carbocycles. The van der Waals surface area contributed by atoms with Crippen molar-refractivity contribution in [1.82, 2.24) is 9.88 Å². The Kier molecular flexibility index (Phi) is 14.8. The Labute approximate surface area is 371 Å².